The lowest BCUT2D eigenvalue weighted by Crippen LogP contribution is -2.17. The van der Waals surface area contributed by atoms with Crippen molar-refractivity contribution in [2.75, 3.05) is 0 Å². The number of fused-ring (bicyclic) bond motifs is 8. The van der Waals surface area contributed by atoms with Crippen LogP contribution in [0.1, 0.15) is 71.0 Å². The molecule has 0 bridgehead atoms. The molecule has 3 heteroatoms. The molecule has 3 unspecified atom stereocenters. The van der Waals surface area contributed by atoms with Crippen molar-refractivity contribution in [3.63, 3.8) is 0 Å². The van der Waals surface area contributed by atoms with Crippen LogP contribution < -0.4 is 0 Å². The molecule has 10 rings (SSSR count). The first-order valence-corrected chi connectivity index (χ1v) is 19.3. The fourth-order valence-corrected chi connectivity index (χ4v) is 9.94. The Morgan fingerprint density at radius 3 is 2.28 bits per heavy atom. The summed E-state index contributed by atoms with van der Waals surface area (Å²) in [6.07, 6.45) is 8.12. The second kappa shape index (κ2) is 12.6. The van der Waals surface area contributed by atoms with Crippen LogP contribution in [0.3, 0.4) is 0 Å². The molecule has 3 atom stereocenters. The van der Waals surface area contributed by atoms with Crippen molar-refractivity contribution >= 4 is 54.7 Å². The molecular weight excluding hydrogens is 661 g/mol. The highest BCUT2D eigenvalue weighted by Crippen LogP contribution is 2.46. The molecule has 2 aliphatic rings. The highest BCUT2D eigenvalue weighted by atomic mass is 32.1. The minimum absolute atomic E-state index is 0.116. The second-order valence-corrected chi connectivity index (χ2v) is 15.7. The highest BCUT2D eigenvalue weighted by Gasteiger charge is 2.30. The molecule has 53 heavy (non-hydrogen) atoms. The van der Waals surface area contributed by atoms with Crippen molar-refractivity contribution in [3.05, 3.63) is 185 Å². The van der Waals surface area contributed by atoms with Gasteiger partial charge in [-0.15, -0.1) is 11.3 Å². The Labute approximate surface area is 314 Å². The zero-order valence-corrected chi connectivity index (χ0v) is 30.5. The van der Waals surface area contributed by atoms with E-state index in [9.17, 15) is 5.26 Å². The molecular formula is C50H36N2S. The molecule has 0 N–H and O–H groups in total. The predicted molar refractivity (Wildman–Crippen MR) is 223 cm³/mol. The normalized spacial score (nSPS) is 17.8. The van der Waals surface area contributed by atoms with Gasteiger partial charge in [0.1, 0.15) is 5.01 Å². The van der Waals surface area contributed by atoms with Crippen molar-refractivity contribution in [3.8, 4) is 27.8 Å². The minimum Gasteiger partial charge on any atom is -0.236 e. The third kappa shape index (κ3) is 5.25. The maximum atomic E-state index is 10.3. The van der Waals surface area contributed by atoms with E-state index < -0.39 is 0 Å². The quantitative estimate of drug-likeness (QED) is 0.172. The van der Waals surface area contributed by atoms with Crippen LogP contribution in [0.25, 0.3) is 65.1 Å². The van der Waals surface area contributed by atoms with Crippen LogP contribution in [0, 0.1) is 17.2 Å². The van der Waals surface area contributed by atoms with E-state index in [1.807, 2.05) is 6.07 Å². The number of para-hydroxylation sites is 1. The average Bonchev–Trinajstić information content (AvgIpc) is 3.65. The first kappa shape index (κ1) is 31.6. The topological polar surface area (TPSA) is 36.7 Å². The van der Waals surface area contributed by atoms with E-state index in [1.165, 1.54) is 65.2 Å². The summed E-state index contributed by atoms with van der Waals surface area (Å²) in [6, 6.07) is 50.8. The molecule has 8 aromatic rings. The number of hydrogen-bond acceptors (Lipinski definition) is 3. The smallest absolute Gasteiger partial charge is 0.124 e. The van der Waals surface area contributed by atoms with Crippen molar-refractivity contribution < 1.29 is 0 Å². The van der Waals surface area contributed by atoms with Gasteiger partial charge < -0.3 is 0 Å². The van der Waals surface area contributed by atoms with Crippen molar-refractivity contribution in [1.29, 1.82) is 5.26 Å². The molecule has 0 aliphatic heterocycles. The third-order valence-electron chi connectivity index (χ3n) is 11.4. The number of allylic oxidation sites excluding steroid dienone is 2. The molecule has 0 saturated heterocycles. The molecule has 0 fully saturated rings. The number of hydrogen-bond donors (Lipinski definition) is 0. The standard InChI is InChI=1S/C50H36N2S/c1-30-10-9-15-42-38-11-3-4-12-39(38)45-28-35(22-23-43(45)49(30)42)36-25-32(29-51)26-37(27-36)48-31(2)24-44(40-13-5-6-14-41(40)48)33-18-20-34(21-19-33)50-52-46-16-7-8-17-47(46)53-50/h3-9,11-28,30-31,48H,10H2,1-2H3. The summed E-state index contributed by atoms with van der Waals surface area (Å²) in [4.78, 5) is 4.89. The van der Waals surface area contributed by atoms with Gasteiger partial charge in [-0.25, -0.2) is 4.98 Å². The van der Waals surface area contributed by atoms with Crippen molar-refractivity contribution in [1.82, 2.24) is 4.98 Å². The molecule has 1 aromatic heterocycles. The minimum atomic E-state index is 0.116. The van der Waals surface area contributed by atoms with Gasteiger partial charge in [-0.2, -0.15) is 5.26 Å². The zero-order chi connectivity index (χ0) is 35.6. The molecule has 0 saturated carbocycles. The summed E-state index contributed by atoms with van der Waals surface area (Å²) in [5.74, 6) is 0.793. The van der Waals surface area contributed by atoms with Crippen LogP contribution >= 0.6 is 11.3 Å². The SMILES string of the molecule is CC1CC=Cc2c1c1ccc(-c3cc(C#N)cc(C4c5ccccc5C(c5ccc(-c6nc7ccccc7s6)cc5)=CC4C)c3)cc1c1ccccc21. The molecule has 1 heterocycles. The first-order valence-electron chi connectivity index (χ1n) is 18.5. The van der Waals surface area contributed by atoms with Crippen molar-refractivity contribution in [2.24, 2.45) is 5.92 Å². The second-order valence-electron chi connectivity index (χ2n) is 14.7. The van der Waals surface area contributed by atoms with Gasteiger partial charge in [0.15, 0.2) is 0 Å². The molecule has 0 amide bonds. The monoisotopic (exact) mass is 696 g/mol. The lowest BCUT2D eigenvalue weighted by molar-refractivity contribution is 0.616. The Hall–Kier alpha value is -6.08. The summed E-state index contributed by atoms with van der Waals surface area (Å²) >= 11 is 1.74. The van der Waals surface area contributed by atoms with Crippen LogP contribution in [0.5, 0.6) is 0 Å². The van der Waals surface area contributed by atoms with Gasteiger partial charge in [-0.05, 0) is 120 Å². The Bertz CT molecular complexity index is 2830. The Morgan fingerprint density at radius 2 is 1.43 bits per heavy atom. The van der Waals surface area contributed by atoms with Gasteiger partial charge in [0.2, 0.25) is 0 Å². The van der Waals surface area contributed by atoms with Gasteiger partial charge >= 0.3 is 0 Å². The Kier molecular flexibility index (Phi) is 7.49. The fraction of sp³-hybridized carbons (Fsp3) is 0.120. The van der Waals surface area contributed by atoms with E-state index in [4.69, 9.17) is 4.98 Å². The van der Waals surface area contributed by atoms with Crippen molar-refractivity contribution in [2.45, 2.75) is 32.1 Å². The number of benzene rings is 7. The highest BCUT2D eigenvalue weighted by molar-refractivity contribution is 7.21. The summed E-state index contributed by atoms with van der Waals surface area (Å²) in [5.41, 5.74) is 14.1. The van der Waals surface area contributed by atoms with E-state index in [1.54, 1.807) is 11.3 Å². The lowest BCUT2D eigenvalue weighted by Gasteiger charge is -2.32. The van der Waals surface area contributed by atoms with Gasteiger partial charge in [-0.3, -0.25) is 0 Å². The fourth-order valence-electron chi connectivity index (χ4n) is 8.97. The molecule has 7 aromatic carbocycles. The summed E-state index contributed by atoms with van der Waals surface area (Å²) in [5, 5.41) is 16.6. The largest absolute Gasteiger partial charge is 0.236 e. The van der Waals surface area contributed by atoms with Crippen LogP contribution in [0.2, 0.25) is 0 Å². The number of nitrogens with zero attached hydrogens (tertiary/aromatic N) is 2. The third-order valence-corrected chi connectivity index (χ3v) is 12.5. The first-order chi connectivity index (χ1) is 26.0. The van der Waals surface area contributed by atoms with Gasteiger partial charge in [0, 0.05) is 11.5 Å². The molecule has 252 valence electrons. The number of rotatable bonds is 4. The van der Waals surface area contributed by atoms with Crippen LogP contribution in [-0.4, -0.2) is 4.98 Å². The maximum absolute atomic E-state index is 10.3. The zero-order valence-electron chi connectivity index (χ0n) is 29.7. The van der Waals surface area contributed by atoms with Crippen LogP contribution in [-0.2, 0) is 0 Å². The summed E-state index contributed by atoms with van der Waals surface area (Å²) in [7, 11) is 0. The van der Waals surface area contributed by atoms with Gasteiger partial charge in [-0.1, -0.05) is 135 Å². The molecule has 0 radical (unpaired) electrons. The van der Waals surface area contributed by atoms with Gasteiger partial charge in [0.05, 0.1) is 21.8 Å². The van der Waals surface area contributed by atoms with E-state index in [-0.39, 0.29) is 11.8 Å². The Balaban J connectivity index is 1.05. The van der Waals surface area contributed by atoms with E-state index in [0.717, 1.165) is 33.6 Å². The predicted octanol–water partition coefficient (Wildman–Crippen LogP) is 13.5. The number of thiazole rings is 1. The van der Waals surface area contributed by atoms with E-state index in [2.05, 4.69) is 166 Å². The van der Waals surface area contributed by atoms with Crippen LogP contribution in [0.15, 0.2) is 146 Å². The maximum Gasteiger partial charge on any atom is 0.124 e. The average molecular weight is 697 g/mol. The number of aromatic nitrogens is 1. The lowest BCUT2D eigenvalue weighted by atomic mass is 9.72. The molecule has 2 aliphatic carbocycles. The Morgan fingerprint density at radius 1 is 0.679 bits per heavy atom. The number of nitriles is 1. The van der Waals surface area contributed by atoms with E-state index in [0.29, 0.717) is 11.5 Å². The summed E-state index contributed by atoms with van der Waals surface area (Å²) < 4.78 is 1.21. The molecule has 0 spiro atoms. The van der Waals surface area contributed by atoms with E-state index >= 15 is 0 Å². The van der Waals surface area contributed by atoms with Gasteiger partial charge in [0.25, 0.3) is 0 Å². The molecule has 2 nitrogen and oxygen atoms in total. The summed E-state index contributed by atoms with van der Waals surface area (Å²) in [6.45, 7) is 4.66. The van der Waals surface area contributed by atoms with Crippen LogP contribution in [0.4, 0.5) is 0 Å².